The van der Waals surface area contributed by atoms with Gasteiger partial charge in [0.05, 0.1) is 25.3 Å². The zero-order chi connectivity index (χ0) is 14.2. The van der Waals surface area contributed by atoms with Gasteiger partial charge in [-0.1, -0.05) is 11.6 Å². The third kappa shape index (κ3) is 2.39. The largest absolute Gasteiger partial charge is 0.507 e. The maximum atomic E-state index is 12.6. The summed E-state index contributed by atoms with van der Waals surface area (Å²) < 4.78 is 11.3. The van der Waals surface area contributed by atoms with Crippen LogP contribution in [0.25, 0.3) is 0 Å². The van der Waals surface area contributed by atoms with E-state index in [2.05, 4.69) is 0 Å². The molecule has 0 bridgehead atoms. The van der Waals surface area contributed by atoms with Gasteiger partial charge in [0.2, 0.25) is 0 Å². The molecule has 2 fully saturated rings. The monoisotopic (exact) mass is 277 g/mol. The number of hydrogen-bond donors (Lipinski definition) is 1. The molecule has 0 aromatic heterocycles. The predicted molar refractivity (Wildman–Crippen MR) is 72.6 cm³/mol. The molecule has 1 spiro atoms. The summed E-state index contributed by atoms with van der Waals surface area (Å²) in [6.45, 7) is 4.16. The van der Waals surface area contributed by atoms with E-state index in [0.29, 0.717) is 31.9 Å². The summed E-state index contributed by atoms with van der Waals surface area (Å²) in [5, 5.41) is 9.88. The van der Waals surface area contributed by atoms with Gasteiger partial charge in [0.15, 0.2) is 5.79 Å². The molecule has 1 aromatic carbocycles. The molecule has 5 heteroatoms. The maximum Gasteiger partial charge on any atom is 0.257 e. The van der Waals surface area contributed by atoms with E-state index in [1.54, 1.807) is 23.1 Å². The smallest absolute Gasteiger partial charge is 0.257 e. The minimum atomic E-state index is -0.632. The zero-order valence-electron chi connectivity index (χ0n) is 11.6. The number of benzene rings is 1. The Bertz CT molecular complexity index is 523. The molecule has 2 heterocycles. The molecule has 108 valence electrons. The number of ether oxygens (including phenoxy) is 2. The fourth-order valence-corrected chi connectivity index (χ4v) is 2.89. The van der Waals surface area contributed by atoms with Gasteiger partial charge < -0.3 is 19.5 Å². The quantitative estimate of drug-likeness (QED) is 0.848. The Hall–Kier alpha value is -1.59. The van der Waals surface area contributed by atoms with Crippen LogP contribution in [0.1, 0.15) is 28.8 Å². The van der Waals surface area contributed by atoms with Crippen LogP contribution in [0.2, 0.25) is 0 Å². The van der Waals surface area contributed by atoms with Crippen molar-refractivity contribution in [3.63, 3.8) is 0 Å². The Morgan fingerprint density at radius 3 is 2.85 bits per heavy atom. The number of phenols is 1. The summed E-state index contributed by atoms with van der Waals surface area (Å²) in [6, 6.07) is 5.06. The number of aryl methyl sites for hydroxylation is 1. The molecule has 20 heavy (non-hydrogen) atoms. The van der Waals surface area contributed by atoms with E-state index < -0.39 is 5.79 Å². The Morgan fingerprint density at radius 1 is 1.35 bits per heavy atom. The summed E-state index contributed by atoms with van der Waals surface area (Å²) in [6.07, 6.45) is 1.66. The normalized spacial score (nSPS) is 21.4. The lowest BCUT2D eigenvalue weighted by Gasteiger charge is -2.38. The fraction of sp³-hybridized carbons (Fsp3) is 0.533. The maximum absolute atomic E-state index is 12.6. The Labute approximate surface area is 118 Å². The molecule has 2 saturated heterocycles. The fourth-order valence-electron chi connectivity index (χ4n) is 2.89. The van der Waals surface area contributed by atoms with Crippen molar-refractivity contribution in [2.24, 2.45) is 0 Å². The van der Waals surface area contributed by atoms with Crippen molar-refractivity contribution in [1.82, 2.24) is 4.90 Å². The molecule has 0 saturated carbocycles. The molecular formula is C15H19NO4. The van der Waals surface area contributed by atoms with Crippen molar-refractivity contribution in [2.45, 2.75) is 25.6 Å². The second-order valence-corrected chi connectivity index (χ2v) is 5.46. The van der Waals surface area contributed by atoms with Crippen molar-refractivity contribution in [3.05, 3.63) is 29.3 Å². The first-order chi connectivity index (χ1) is 9.60. The SMILES string of the molecule is Cc1ccc(O)c(C(=O)N2CCCC3(C2)OCCO3)c1. The summed E-state index contributed by atoms with van der Waals surface area (Å²) in [4.78, 5) is 14.3. The van der Waals surface area contributed by atoms with Crippen LogP contribution in [0.4, 0.5) is 0 Å². The number of aromatic hydroxyl groups is 1. The Balaban J connectivity index is 1.81. The van der Waals surface area contributed by atoms with Gasteiger partial charge in [0, 0.05) is 13.0 Å². The van der Waals surface area contributed by atoms with Gasteiger partial charge in [-0.3, -0.25) is 4.79 Å². The number of carbonyl (C=O) groups excluding carboxylic acids is 1. The van der Waals surface area contributed by atoms with Crippen LogP contribution in [-0.2, 0) is 9.47 Å². The lowest BCUT2D eigenvalue weighted by molar-refractivity contribution is -0.183. The van der Waals surface area contributed by atoms with Crippen molar-refractivity contribution >= 4 is 5.91 Å². The number of nitrogens with zero attached hydrogens (tertiary/aromatic N) is 1. The van der Waals surface area contributed by atoms with Gasteiger partial charge in [-0.25, -0.2) is 0 Å². The van der Waals surface area contributed by atoms with Crippen molar-refractivity contribution in [3.8, 4) is 5.75 Å². The van der Waals surface area contributed by atoms with Gasteiger partial charge in [-0.2, -0.15) is 0 Å². The predicted octanol–water partition coefficient (Wildman–Crippen LogP) is 1.68. The van der Waals surface area contributed by atoms with E-state index in [0.717, 1.165) is 18.4 Å². The first kappa shape index (κ1) is 13.4. The molecular weight excluding hydrogens is 258 g/mol. The van der Waals surface area contributed by atoms with Gasteiger partial charge >= 0.3 is 0 Å². The molecule has 2 aliphatic heterocycles. The second-order valence-electron chi connectivity index (χ2n) is 5.46. The molecule has 0 aliphatic carbocycles. The standard InChI is InChI=1S/C15H19NO4/c1-11-3-4-13(17)12(9-11)14(18)16-6-2-5-15(10-16)19-7-8-20-15/h3-4,9,17H,2,5-8,10H2,1H3. The number of rotatable bonds is 1. The van der Waals surface area contributed by atoms with Crippen molar-refractivity contribution in [2.75, 3.05) is 26.3 Å². The number of likely N-dealkylation sites (tertiary alicyclic amines) is 1. The van der Waals surface area contributed by atoms with Crippen molar-refractivity contribution in [1.29, 1.82) is 0 Å². The average Bonchev–Trinajstić information content (AvgIpc) is 2.88. The third-order valence-corrected chi connectivity index (χ3v) is 3.90. The Kier molecular flexibility index (Phi) is 3.40. The van der Waals surface area contributed by atoms with Gasteiger partial charge in [0.25, 0.3) is 5.91 Å². The van der Waals surface area contributed by atoms with Gasteiger partial charge in [-0.05, 0) is 25.5 Å². The summed E-state index contributed by atoms with van der Waals surface area (Å²) in [5.74, 6) is -0.772. The molecule has 0 atom stereocenters. The number of amides is 1. The first-order valence-corrected chi connectivity index (χ1v) is 6.96. The van der Waals surface area contributed by atoms with Gasteiger partial charge in [-0.15, -0.1) is 0 Å². The van der Waals surface area contributed by atoms with E-state index in [9.17, 15) is 9.90 Å². The third-order valence-electron chi connectivity index (χ3n) is 3.90. The molecule has 1 aromatic rings. The van der Waals surface area contributed by atoms with Crippen LogP contribution in [-0.4, -0.2) is 48.0 Å². The molecule has 0 unspecified atom stereocenters. The van der Waals surface area contributed by atoms with E-state index in [4.69, 9.17) is 9.47 Å². The number of carbonyl (C=O) groups is 1. The summed E-state index contributed by atoms with van der Waals surface area (Å²) >= 11 is 0. The van der Waals surface area contributed by atoms with Crippen LogP contribution >= 0.6 is 0 Å². The molecule has 5 nitrogen and oxygen atoms in total. The van der Waals surface area contributed by atoms with Crippen LogP contribution in [0.3, 0.4) is 0 Å². The lowest BCUT2D eigenvalue weighted by Crippen LogP contribution is -2.51. The minimum Gasteiger partial charge on any atom is -0.507 e. The average molecular weight is 277 g/mol. The van der Waals surface area contributed by atoms with Crippen LogP contribution in [0, 0.1) is 6.92 Å². The number of piperidine rings is 1. The zero-order valence-corrected chi connectivity index (χ0v) is 11.6. The van der Waals surface area contributed by atoms with E-state index in [1.165, 1.54) is 0 Å². The molecule has 1 N–H and O–H groups in total. The molecule has 0 radical (unpaired) electrons. The highest BCUT2D eigenvalue weighted by Crippen LogP contribution is 2.31. The van der Waals surface area contributed by atoms with Gasteiger partial charge in [0.1, 0.15) is 5.75 Å². The first-order valence-electron chi connectivity index (χ1n) is 6.96. The van der Waals surface area contributed by atoms with E-state index in [1.807, 2.05) is 6.92 Å². The highest BCUT2D eigenvalue weighted by Gasteiger charge is 2.42. The highest BCUT2D eigenvalue weighted by molar-refractivity contribution is 5.97. The minimum absolute atomic E-state index is 0.0217. The molecule has 2 aliphatic rings. The van der Waals surface area contributed by atoms with Crippen LogP contribution < -0.4 is 0 Å². The van der Waals surface area contributed by atoms with Crippen LogP contribution in [0.15, 0.2) is 18.2 Å². The molecule has 1 amide bonds. The summed E-state index contributed by atoms with van der Waals surface area (Å²) in [7, 11) is 0. The second kappa shape index (κ2) is 5.07. The van der Waals surface area contributed by atoms with E-state index in [-0.39, 0.29) is 11.7 Å². The van der Waals surface area contributed by atoms with E-state index >= 15 is 0 Å². The highest BCUT2D eigenvalue weighted by atomic mass is 16.7. The Morgan fingerprint density at radius 2 is 2.10 bits per heavy atom. The number of phenolic OH excluding ortho intramolecular Hbond substituents is 1. The topological polar surface area (TPSA) is 59.0 Å². The lowest BCUT2D eigenvalue weighted by atomic mass is 10.0. The summed E-state index contributed by atoms with van der Waals surface area (Å²) in [5.41, 5.74) is 1.30. The van der Waals surface area contributed by atoms with Crippen molar-refractivity contribution < 1.29 is 19.4 Å². The van der Waals surface area contributed by atoms with Crippen LogP contribution in [0.5, 0.6) is 5.75 Å². The molecule has 3 rings (SSSR count). The number of hydrogen-bond acceptors (Lipinski definition) is 4.